The summed E-state index contributed by atoms with van der Waals surface area (Å²) < 4.78 is 24.0. The third-order valence-corrected chi connectivity index (χ3v) is 4.89. The first kappa shape index (κ1) is 26.4. The number of carboxylic acids is 1. The molecule has 0 fully saturated rings. The smallest absolute Gasteiger partial charge is 0.303 e. The number of carbonyl (C=O) groups is 1. The summed E-state index contributed by atoms with van der Waals surface area (Å²) in [5.41, 5.74) is 5.46. The van der Waals surface area contributed by atoms with E-state index in [2.05, 4.69) is 10.1 Å². The highest BCUT2D eigenvalue weighted by molar-refractivity contribution is 6.32. The number of nitrogens with zero attached hydrogens (tertiary/aromatic N) is 2. The second-order valence-corrected chi connectivity index (χ2v) is 7.71. The van der Waals surface area contributed by atoms with Gasteiger partial charge >= 0.3 is 5.97 Å². The second-order valence-electron chi connectivity index (χ2n) is 7.30. The summed E-state index contributed by atoms with van der Waals surface area (Å²) in [5, 5.41) is 38.7. The summed E-state index contributed by atoms with van der Waals surface area (Å²) in [6, 6.07) is 6.06. The van der Waals surface area contributed by atoms with Crippen LogP contribution in [0.5, 0.6) is 5.75 Å². The van der Waals surface area contributed by atoms with Crippen molar-refractivity contribution in [2.45, 2.75) is 31.4 Å². The molecule has 180 valence electrons. The average molecular weight is 486 g/mol. The van der Waals surface area contributed by atoms with E-state index in [0.717, 1.165) is 6.20 Å². The predicted molar refractivity (Wildman–Crippen MR) is 116 cm³/mol. The molecule has 0 bridgehead atoms. The monoisotopic (exact) mass is 485 g/mol. The van der Waals surface area contributed by atoms with E-state index in [1.54, 1.807) is 19.1 Å². The fourth-order valence-corrected chi connectivity index (χ4v) is 2.72. The van der Waals surface area contributed by atoms with E-state index >= 15 is 0 Å². The lowest BCUT2D eigenvalue weighted by Gasteiger charge is -2.20. The lowest BCUT2D eigenvalue weighted by Crippen LogP contribution is -2.50. The van der Waals surface area contributed by atoms with Gasteiger partial charge in [0.15, 0.2) is 5.58 Å². The molecule has 3 aromatic rings. The summed E-state index contributed by atoms with van der Waals surface area (Å²) in [6.07, 6.45) is 0.856. The minimum absolute atomic E-state index is 0.0508. The van der Waals surface area contributed by atoms with Gasteiger partial charge in [-0.3, -0.25) is 9.78 Å². The van der Waals surface area contributed by atoms with E-state index in [1.165, 1.54) is 12.1 Å². The third-order valence-electron chi connectivity index (χ3n) is 4.59. The molecule has 2 heterocycles. The Hall–Kier alpha value is -2.83. The van der Waals surface area contributed by atoms with Gasteiger partial charge in [0, 0.05) is 17.9 Å². The van der Waals surface area contributed by atoms with Crippen molar-refractivity contribution in [3.8, 4) is 5.75 Å². The molecule has 0 aliphatic rings. The van der Waals surface area contributed by atoms with E-state index in [-0.39, 0.29) is 12.8 Å². The Balaban J connectivity index is 0.000000414. The molecule has 10 nitrogen and oxygen atoms in total. The lowest BCUT2D eigenvalue weighted by atomic mass is 10.1. The largest absolute Gasteiger partial charge is 0.483 e. The molecule has 0 radical (unpaired) electrons. The van der Waals surface area contributed by atoms with Crippen LogP contribution in [0.2, 0.25) is 5.02 Å². The van der Waals surface area contributed by atoms with Gasteiger partial charge in [0.2, 0.25) is 0 Å². The van der Waals surface area contributed by atoms with Crippen LogP contribution in [0, 0.1) is 5.82 Å². The number of ether oxygens (including phenoxy) is 1. The van der Waals surface area contributed by atoms with Crippen LogP contribution >= 0.6 is 11.6 Å². The molecule has 0 aliphatic carbocycles. The van der Waals surface area contributed by atoms with Crippen molar-refractivity contribution >= 4 is 28.5 Å². The van der Waals surface area contributed by atoms with Crippen LogP contribution < -0.4 is 10.5 Å². The van der Waals surface area contributed by atoms with Crippen LogP contribution in [0.1, 0.15) is 30.8 Å². The zero-order valence-electron chi connectivity index (χ0n) is 17.7. The standard InChI is InChI=1S/C17H14ClFN2O4.C4H11NO3/c1-9(13-3-2-10(19)8-20-13)24-16-7-15-11(6-12(16)18)14(21-25-15)4-5-17(22)23;5-4(1-6,2-7)3-8/h2-3,6-9H,4-5H2,1H3,(H,22,23);6-8H,1-3,5H2. The number of hydrogen-bond acceptors (Lipinski definition) is 9. The second kappa shape index (κ2) is 11.9. The van der Waals surface area contributed by atoms with E-state index < -0.39 is 43.3 Å². The first-order chi connectivity index (χ1) is 15.6. The van der Waals surface area contributed by atoms with E-state index in [0.29, 0.717) is 33.1 Å². The van der Waals surface area contributed by atoms with Gasteiger partial charge < -0.3 is 35.4 Å². The van der Waals surface area contributed by atoms with Gasteiger partial charge in [0.05, 0.1) is 54.4 Å². The summed E-state index contributed by atoms with van der Waals surface area (Å²) in [7, 11) is 0. The summed E-state index contributed by atoms with van der Waals surface area (Å²) in [4.78, 5) is 14.7. The highest BCUT2D eigenvalue weighted by Crippen LogP contribution is 2.34. The van der Waals surface area contributed by atoms with E-state index in [4.69, 9.17) is 47.0 Å². The number of aliphatic hydroxyl groups excluding tert-OH is 3. The number of halogens is 2. The van der Waals surface area contributed by atoms with Gasteiger partial charge in [-0.1, -0.05) is 16.8 Å². The average Bonchev–Trinajstić information content (AvgIpc) is 3.19. The molecule has 2 aromatic heterocycles. The third kappa shape index (κ3) is 7.34. The first-order valence-corrected chi connectivity index (χ1v) is 10.2. The SMILES string of the molecule is CC(Oc1cc2onc(CCC(=O)O)c2cc1Cl)c1ccc(F)cn1.NC(CO)(CO)CO. The summed E-state index contributed by atoms with van der Waals surface area (Å²) in [6.45, 7) is 0.555. The van der Waals surface area contributed by atoms with Crippen molar-refractivity contribution in [2.24, 2.45) is 5.73 Å². The number of aliphatic carboxylic acids is 1. The van der Waals surface area contributed by atoms with Crippen LogP contribution in [0.3, 0.4) is 0 Å². The summed E-state index contributed by atoms with van der Waals surface area (Å²) in [5.74, 6) is -0.970. The number of aryl methyl sites for hydroxylation is 1. The topological polar surface area (TPSA) is 172 Å². The number of hydrogen-bond donors (Lipinski definition) is 5. The Morgan fingerprint density at radius 3 is 2.45 bits per heavy atom. The minimum Gasteiger partial charge on any atom is -0.483 e. The molecule has 1 unspecified atom stereocenters. The van der Waals surface area contributed by atoms with Gasteiger partial charge in [0.25, 0.3) is 0 Å². The minimum atomic E-state index is -1.21. The Labute approximate surface area is 193 Å². The van der Waals surface area contributed by atoms with Gasteiger partial charge in [-0.2, -0.15) is 0 Å². The Bertz CT molecular complexity index is 1050. The van der Waals surface area contributed by atoms with Crippen molar-refractivity contribution in [3.63, 3.8) is 0 Å². The maximum absolute atomic E-state index is 13.0. The van der Waals surface area contributed by atoms with Crippen LogP contribution in [-0.4, -0.2) is 61.9 Å². The van der Waals surface area contributed by atoms with Crippen molar-refractivity contribution in [1.82, 2.24) is 10.1 Å². The number of benzene rings is 1. The van der Waals surface area contributed by atoms with Crippen LogP contribution in [-0.2, 0) is 11.2 Å². The molecule has 1 aromatic carbocycles. The number of aliphatic hydroxyl groups is 3. The molecular weight excluding hydrogens is 461 g/mol. The van der Waals surface area contributed by atoms with Crippen molar-refractivity contribution < 1.29 is 38.9 Å². The fraction of sp³-hybridized carbons (Fsp3) is 0.381. The Morgan fingerprint density at radius 2 is 1.94 bits per heavy atom. The molecule has 6 N–H and O–H groups in total. The molecule has 0 saturated heterocycles. The Morgan fingerprint density at radius 1 is 1.27 bits per heavy atom. The van der Waals surface area contributed by atoms with Crippen molar-refractivity contribution in [2.75, 3.05) is 19.8 Å². The molecule has 12 heteroatoms. The quantitative estimate of drug-likeness (QED) is 0.301. The maximum Gasteiger partial charge on any atom is 0.303 e. The van der Waals surface area contributed by atoms with Gasteiger partial charge in [0.1, 0.15) is 17.7 Å². The van der Waals surface area contributed by atoms with Crippen LogP contribution in [0.15, 0.2) is 35.0 Å². The zero-order valence-corrected chi connectivity index (χ0v) is 18.5. The number of pyridine rings is 1. The normalized spacial score (nSPS) is 12.2. The Kier molecular flexibility index (Phi) is 9.50. The summed E-state index contributed by atoms with van der Waals surface area (Å²) >= 11 is 6.26. The molecule has 33 heavy (non-hydrogen) atoms. The molecule has 0 amide bonds. The van der Waals surface area contributed by atoms with E-state index in [1.807, 2.05) is 0 Å². The van der Waals surface area contributed by atoms with Crippen LogP contribution in [0.25, 0.3) is 11.0 Å². The fourth-order valence-electron chi connectivity index (χ4n) is 2.51. The number of aromatic nitrogens is 2. The predicted octanol–water partition coefficient (Wildman–Crippen LogP) is 1.83. The van der Waals surface area contributed by atoms with Gasteiger partial charge in [-0.25, -0.2) is 4.39 Å². The molecular formula is C21H25ClFN3O7. The number of nitrogens with two attached hydrogens (primary N) is 1. The number of rotatable bonds is 9. The van der Waals surface area contributed by atoms with Crippen molar-refractivity contribution in [1.29, 1.82) is 0 Å². The van der Waals surface area contributed by atoms with Gasteiger partial charge in [-0.05, 0) is 25.1 Å². The number of fused-ring (bicyclic) bond motifs is 1. The molecule has 0 saturated carbocycles. The first-order valence-electron chi connectivity index (χ1n) is 9.81. The molecule has 0 aliphatic heterocycles. The molecule has 0 spiro atoms. The van der Waals surface area contributed by atoms with E-state index in [9.17, 15) is 9.18 Å². The van der Waals surface area contributed by atoms with Gasteiger partial charge in [-0.15, -0.1) is 0 Å². The van der Waals surface area contributed by atoms with Crippen molar-refractivity contribution in [3.05, 3.63) is 52.7 Å². The molecule has 1 atom stereocenters. The number of carboxylic acid groups (broad SMARTS) is 1. The molecule has 3 rings (SSSR count). The maximum atomic E-state index is 13.0. The lowest BCUT2D eigenvalue weighted by molar-refractivity contribution is -0.136. The van der Waals surface area contributed by atoms with Crippen LogP contribution in [0.4, 0.5) is 4.39 Å². The highest BCUT2D eigenvalue weighted by Gasteiger charge is 2.21. The highest BCUT2D eigenvalue weighted by atomic mass is 35.5. The zero-order chi connectivity index (χ0) is 24.6.